The molecule has 1 aromatic heterocycles. The fourth-order valence-electron chi connectivity index (χ4n) is 2.33. The first-order valence-electron chi connectivity index (χ1n) is 7.16. The van der Waals surface area contributed by atoms with Gasteiger partial charge in [0, 0.05) is 30.8 Å². The minimum absolute atomic E-state index is 0.0977. The highest BCUT2D eigenvalue weighted by atomic mass is 32.1. The Morgan fingerprint density at radius 1 is 1.48 bits per heavy atom. The van der Waals surface area contributed by atoms with Gasteiger partial charge in [-0.2, -0.15) is 0 Å². The number of thiazole rings is 1. The Hall–Kier alpha value is -1.43. The third-order valence-electron chi connectivity index (χ3n) is 3.32. The van der Waals surface area contributed by atoms with Crippen molar-refractivity contribution < 1.29 is 14.3 Å². The van der Waals surface area contributed by atoms with Gasteiger partial charge in [-0.3, -0.25) is 4.79 Å². The molecule has 6 heteroatoms. The zero-order valence-electron chi connectivity index (χ0n) is 13.0. The third-order valence-corrected chi connectivity index (χ3v) is 4.14. The molecule has 1 amide bonds. The van der Waals surface area contributed by atoms with Crippen molar-refractivity contribution in [2.75, 3.05) is 13.1 Å². The van der Waals surface area contributed by atoms with E-state index in [0.29, 0.717) is 25.9 Å². The van der Waals surface area contributed by atoms with Crippen LogP contribution in [-0.4, -0.2) is 40.5 Å². The lowest BCUT2D eigenvalue weighted by atomic mass is 10.00. The van der Waals surface area contributed by atoms with E-state index in [4.69, 9.17) is 4.74 Å². The van der Waals surface area contributed by atoms with E-state index in [1.54, 1.807) is 16.2 Å². The number of amides is 1. The van der Waals surface area contributed by atoms with E-state index in [1.807, 2.05) is 33.1 Å². The molecule has 2 heterocycles. The molecule has 0 bridgehead atoms. The molecule has 0 N–H and O–H groups in total. The number of Topliss-reactive ketones (excluding diaryl/α,β-unsaturated/α-hetero) is 1. The molecule has 1 saturated heterocycles. The van der Waals surface area contributed by atoms with Crippen molar-refractivity contribution in [3.63, 3.8) is 0 Å². The summed E-state index contributed by atoms with van der Waals surface area (Å²) in [4.78, 5) is 30.2. The molecule has 0 aliphatic carbocycles. The number of ether oxygens (including phenoxy) is 1. The lowest BCUT2D eigenvalue weighted by molar-refractivity contribution is -0.121. The lowest BCUT2D eigenvalue weighted by Crippen LogP contribution is -2.36. The topological polar surface area (TPSA) is 59.5 Å². The van der Waals surface area contributed by atoms with Gasteiger partial charge < -0.3 is 9.64 Å². The van der Waals surface area contributed by atoms with E-state index in [0.717, 1.165) is 10.7 Å². The maximum absolute atomic E-state index is 12.3. The standard InChI is InChI=1S/C15H22N2O3S/c1-10-16-12(9-21-10)7-13(18)11-5-6-17(8-11)14(19)20-15(2,3)4/h9,11H,5-8H2,1-4H3. The highest BCUT2D eigenvalue weighted by Gasteiger charge is 2.33. The van der Waals surface area contributed by atoms with Crippen LogP contribution in [0, 0.1) is 12.8 Å². The molecule has 1 aliphatic rings. The van der Waals surface area contributed by atoms with Gasteiger partial charge in [0.15, 0.2) is 0 Å². The van der Waals surface area contributed by atoms with Gasteiger partial charge in [0.1, 0.15) is 11.4 Å². The number of aryl methyl sites for hydroxylation is 1. The van der Waals surface area contributed by atoms with E-state index in [2.05, 4.69) is 4.98 Å². The Morgan fingerprint density at radius 2 is 2.19 bits per heavy atom. The molecule has 0 radical (unpaired) electrons. The van der Waals surface area contributed by atoms with E-state index in [9.17, 15) is 9.59 Å². The van der Waals surface area contributed by atoms with Crippen molar-refractivity contribution in [1.82, 2.24) is 9.88 Å². The van der Waals surface area contributed by atoms with Crippen molar-refractivity contribution in [3.05, 3.63) is 16.1 Å². The maximum atomic E-state index is 12.3. The summed E-state index contributed by atoms with van der Waals surface area (Å²) in [5.41, 5.74) is 0.329. The van der Waals surface area contributed by atoms with Crippen molar-refractivity contribution in [3.8, 4) is 0 Å². The molecule has 2 rings (SSSR count). The minimum atomic E-state index is -0.503. The average molecular weight is 310 g/mol. The summed E-state index contributed by atoms with van der Waals surface area (Å²) in [7, 11) is 0. The summed E-state index contributed by atoms with van der Waals surface area (Å²) in [6.07, 6.45) is 0.737. The SMILES string of the molecule is Cc1nc(CC(=O)C2CCN(C(=O)OC(C)(C)C)C2)cs1. The van der Waals surface area contributed by atoms with Crippen molar-refractivity contribution in [2.24, 2.45) is 5.92 Å². The van der Waals surface area contributed by atoms with Crippen LogP contribution in [0.4, 0.5) is 4.79 Å². The van der Waals surface area contributed by atoms with E-state index < -0.39 is 5.60 Å². The first kappa shape index (κ1) is 15.9. The fraction of sp³-hybridized carbons (Fsp3) is 0.667. The number of carbonyl (C=O) groups excluding carboxylic acids is 2. The van der Waals surface area contributed by atoms with Crippen LogP contribution in [0.1, 0.15) is 37.9 Å². The Labute approximate surface area is 129 Å². The van der Waals surface area contributed by atoms with Gasteiger partial charge in [0.05, 0.1) is 10.7 Å². The summed E-state index contributed by atoms with van der Waals surface area (Å²) in [6.45, 7) is 8.49. The summed E-state index contributed by atoms with van der Waals surface area (Å²) >= 11 is 1.55. The smallest absolute Gasteiger partial charge is 0.410 e. The largest absolute Gasteiger partial charge is 0.444 e. The van der Waals surface area contributed by atoms with Crippen LogP contribution in [0.5, 0.6) is 0 Å². The number of aromatic nitrogens is 1. The number of nitrogens with zero attached hydrogens (tertiary/aromatic N) is 2. The van der Waals surface area contributed by atoms with E-state index in [1.165, 1.54) is 0 Å². The van der Waals surface area contributed by atoms with Gasteiger partial charge in [0.25, 0.3) is 0 Å². The quantitative estimate of drug-likeness (QED) is 0.861. The molecule has 0 aromatic carbocycles. The monoisotopic (exact) mass is 310 g/mol. The maximum Gasteiger partial charge on any atom is 0.410 e. The average Bonchev–Trinajstić information content (AvgIpc) is 2.96. The fourth-order valence-corrected chi connectivity index (χ4v) is 2.94. The van der Waals surface area contributed by atoms with Gasteiger partial charge in [-0.05, 0) is 34.1 Å². The molecule has 5 nitrogen and oxygen atoms in total. The Balaban J connectivity index is 1.87. The van der Waals surface area contributed by atoms with Crippen LogP contribution < -0.4 is 0 Å². The van der Waals surface area contributed by atoms with Gasteiger partial charge in [-0.15, -0.1) is 11.3 Å². The number of rotatable bonds is 3. The third kappa shape index (κ3) is 4.52. The van der Waals surface area contributed by atoms with Crippen LogP contribution in [-0.2, 0) is 16.0 Å². The molecular formula is C15H22N2O3S. The number of ketones is 1. The van der Waals surface area contributed by atoms with Crippen molar-refractivity contribution in [2.45, 2.75) is 46.1 Å². The van der Waals surface area contributed by atoms with Gasteiger partial charge >= 0.3 is 6.09 Å². The predicted molar refractivity (Wildman–Crippen MR) is 81.5 cm³/mol. The molecule has 0 saturated carbocycles. The van der Waals surface area contributed by atoms with E-state index >= 15 is 0 Å². The normalized spacial score (nSPS) is 18.9. The Morgan fingerprint density at radius 3 is 2.76 bits per heavy atom. The zero-order chi connectivity index (χ0) is 15.6. The van der Waals surface area contributed by atoms with Crippen LogP contribution in [0.2, 0.25) is 0 Å². The minimum Gasteiger partial charge on any atom is -0.444 e. The molecule has 1 unspecified atom stereocenters. The first-order valence-corrected chi connectivity index (χ1v) is 8.04. The molecule has 21 heavy (non-hydrogen) atoms. The summed E-state index contributed by atoms with van der Waals surface area (Å²) < 4.78 is 5.34. The van der Waals surface area contributed by atoms with Gasteiger partial charge in [-0.1, -0.05) is 0 Å². The predicted octanol–water partition coefficient (Wildman–Crippen LogP) is 2.82. The first-order chi connectivity index (χ1) is 9.74. The second-order valence-corrected chi connectivity index (χ2v) is 7.48. The molecule has 0 spiro atoms. The Bertz CT molecular complexity index is 533. The summed E-state index contributed by atoms with van der Waals surface area (Å²) in [6, 6.07) is 0. The Kier molecular flexibility index (Phi) is 4.66. The molecule has 1 fully saturated rings. The van der Waals surface area contributed by atoms with Crippen molar-refractivity contribution >= 4 is 23.2 Å². The van der Waals surface area contributed by atoms with Gasteiger partial charge in [-0.25, -0.2) is 9.78 Å². The number of hydrogen-bond donors (Lipinski definition) is 0. The molecule has 1 aromatic rings. The van der Waals surface area contributed by atoms with Crippen LogP contribution in [0.25, 0.3) is 0 Å². The number of carbonyl (C=O) groups is 2. The highest BCUT2D eigenvalue weighted by Crippen LogP contribution is 2.22. The van der Waals surface area contributed by atoms with Crippen LogP contribution in [0.15, 0.2) is 5.38 Å². The summed E-state index contributed by atoms with van der Waals surface area (Å²) in [5.74, 6) is 0.0610. The van der Waals surface area contributed by atoms with Crippen molar-refractivity contribution in [1.29, 1.82) is 0 Å². The van der Waals surface area contributed by atoms with E-state index in [-0.39, 0.29) is 17.8 Å². The number of hydrogen-bond acceptors (Lipinski definition) is 5. The van der Waals surface area contributed by atoms with Crippen LogP contribution in [0.3, 0.4) is 0 Å². The van der Waals surface area contributed by atoms with Gasteiger partial charge in [0.2, 0.25) is 0 Å². The molecule has 1 aliphatic heterocycles. The zero-order valence-corrected chi connectivity index (χ0v) is 13.8. The molecule has 1 atom stereocenters. The lowest BCUT2D eigenvalue weighted by Gasteiger charge is -2.24. The van der Waals surface area contributed by atoms with Crippen LogP contribution >= 0.6 is 11.3 Å². The number of likely N-dealkylation sites (tertiary alicyclic amines) is 1. The highest BCUT2D eigenvalue weighted by molar-refractivity contribution is 7.09. The second kappa shape index (κ2) is 6.13. The summed E-state index contributed by atoms with van der Waals surface area (Å²) in [5, 5.41) is 2.90. The second-order valence-electron chi connectivity index (χ2n) is 6.41. The molecular weight excluding hydrogens is 288 g/mol. The molecule has 116 valence electrons.